The van der Waals surface area contributed by atoms with Crippen LogP contribution in [0.15, 0.2) is 72.8 Å². The van der Waals surface area contributed by atoms with Crippen molar-refractivity contribution in [2.75, 3.05) is 43.9 Å². The lowest BCUT2D eigenvalue weighted by Crippen LogP contribution is -2.55. The van der Waals surface area contributed by atoms with E-state index < -0.39 is 41.3 Å². The molecule has 242 valence electrons. The minimum absolute atomic E-state index is 0.228. The number of hydrogen-bond acceptors (Lipinski definition) is 5. The van der Waals surface area contributed by atoms with Crippen LogP contribution in [-0.2, 0) is 11.0 Å². The molecule has 2 heterocycles. The van der Waals surface area contributed by atoms with Gasteiger partial charge in [0, 0.05) is 35.8 Å². The lowest BCUT2D eigenvalue weighted by molar-refractivity contribution is -0.137. The third-order valence-electron chi connectivity index (χ3n) is 8.00. The van der Waals surface area contributed by atoms with E-state index in [9.17, 15) is 27.2 Å². The van der Waals surface area contributed by atoms with Gasteiger partial charge in [0.25, 0.3) is 11.8 Å². The Balaban J connectivity index is 1.57. The normalized spacial score (nSPS) is 16.5. The molecular weight excluding hydrogens is 600 g/mol. The number of benzene rings is 3. The van der Waals surface area contributed by atoms with Crippen LogP contribution in [0.1, 0.15) is 52.0 Å². The molecule has 0 fully saturated rings. The van der Waals surface area contributed by atoms with Gasteiger partial charge >= 0.3 is 6.18 Å². The van der Waals surface area contributed by atoms with Gasteiger partial charge in [-0.1, -0.05) is 24.3 Å². The molecule has 0 spiro atoms. The highest BCUT2D eigenvalue weighted by Gasteiger charge is 2.45. The number of hydrogen-bond donors (Lipinski definition) is 2. The van der Waals surface area contributed by atoms with E-state index in [1.54, 1.807) is 18.5 Å². The number of halogens is 4. The molecule has 46 heavy (non-hydrogen) atoms. The first-order chi connectivity index (χ1) is 21.9. The molecular formula is C34H36F4N6O2. The maximum atomic E-state index is 14.3. The zero-order valence-corrected chi connectivity index (χ0v) is 26.0. The third-order valence-corrected chi connectivity index (χ3v) is 8.00. The molecule has 2 amide bonds. The molecule has 1 aliphatic rings. The third kappa shape index (κ3) is 6.76. The summed E-state index contributed by atoms with van der Waals surface area (Å²) in [5.74, 6) is -2.08. The first kappa shape index (κ1) is 32.7. The molecule has 4 aromatic rings. The molecule has 0 saturated carbocycles. The fraction of sp³-hybridized carbons (Fsp3) is 0.324. The van der Waals surface area contributed by atoms with Gasteiger partial charge in [0.05, 0.1) is 16.9 Å². The Kier molecular flexibility index (Phi) is 9.47. The number of nitrogens with one attached hydrogen (secondary N) is 2. The Labute approximate surface area is 265 Å². The summed E-state index contributed by atoms with van der Waals surface area (Å²) in [5, 5.41) is 11.0. The number of aromatic nitrogens is 2. The smallest absolute Gasteiger partial charge is 0.385 e. The van der Waals surface area contributed by atoms with Crippen molar-refractivity contribution in [3.63, 3.8) is 0 Å². The molecule has 5 rings (SSSR count). The number of amides is 2. The molecule has 0 saturated heterocycles. The zero-order chi connectivity index (χ0) is 33.2. The van der Waals surface area contributed by atoms with E-state index in [0.29, 0.717) is 28.3 Å². The van der Waals surface area contributed by atoms with Gasteiger partial charge in [-0.2, -0.15) is 18.3 Å². The molecule has 0 aliphatic carbocycles. The Bertz CT molecular complexity index is 1720. The molecule has 3 aromatic carbocycles. The quantitative estimate of drug-likeness (QED) is 0.165. The van der Waals surface area contributed by atoms with Gasteiger partial charge in [-0.25, -0.2) is 9.07 Å². The summed E-state index contributed by atoms with van der Waals surface area (Å²) >= 11 is 0. The van der Waals surface area contributed by atoms with Crippen LogP contribution in [0.2, 0.25) is 0 Å². The van der Waals surface area contributed by atoms with Crippen molar-refractivity contribution in [1.29, 1.82) is 0 Å². The van der Waals surface area contributed by atoms with Gasteiger partial charge in [0.1, 0.15) is 17.7 Å². The largest absolute Gasteiger partial charge is 0.416 e. The summed E-state index contributed by atoms with van der Waals surface area (Å²) < 4.78 is 56.0. The first-order valence-corrected chi connectivity index (χ1v) is 15.0. The SMILES string of the molecule is CCN1C(=O)[C@@H](NC(=O)c2cccc(C(F)(F)F)c2)[C@@H](c2ccc(F)cc2)c2c(C)nn(-c3cccc(NCCCN(C)C)c3)c21. The summed E-state index contributed by atoms with van der Waals surface area (Å²) in [6, 6.07) is 16.1. The fourth-order valence-electron chi connectivity index (χ4n) is 5.83. The molecule has 8 nitrogen and oxygen atoms in total. The van der Waals surface area contributed by atoms with Crippen LogP contribution in [0.3, 0.4) is 0 Å². The number of rotatable bonds is 10. The first-order valence-electron chi connectivity index (χ1n) is 15.0. The Hall–Kier alpha value is -4.71. The van der Waals surface area contributed by atoms with Crippen molar-refractivity contribution in [2.24, 2.45) is 0 Å². The predicted octanol–water partition coefficient (Wildman–Crippen LogP) is 6.00. The van der Waals surface area contributed by atoms with Crippen molar-refractivity contribution in [3.8, 4) is 5.69 Å². The highest BCUT2D eigenvalue weighted by atomic mass is 19.4. The number of carbonyl (C=O) groups excluding carboxylic acids is 2. The predicted molar refractivity (Wildman–Crippen MR) is 169 cm³/mol. The van der Waals surface area contributed by atoms with Crippen LogP contribution < -0.4 is 15.5 Å². The number of anilines is 2. The molecule has 0 radical (unpaired) electrons. The van der Waals surface area contributed by atoms with Crippen LogP contribution in [0, 0.1) is 12.7 Å². The second kappa shape index (κ2) is 13.3. The van der Waals surface area contributed by atoms with Gasteiger partial charge in [-0.3, -0.25) is 14.5 Å². The van der Waals surface area contributed by atoms with Gasteiger partial charge in [-0.15, -0.1) is 0 Å². The summed E-state index contributed by atoms with van der Waals surface area (Å²) in [7, 11) is 4.04. The number of nitrogens with zero attached hydrogens (tertiary/aromatic N) is 4. The molecule has 0 bridgehead atoms. The molecule has 2 N–H and O–H groups in total. The molecule has 1 aliphatic heterocycles. The number of alkyl halides is 3. The van der Waals surface area contributed by atoms with E-state index in [-0.39, 0.29) is 12.1 Å². The minimum atomic E-state index is -4.65. The molecule has 0 unspecified atom stereocenters. The van der Waals surface area contributed by atoms with Crippen LogP contribution in [-0.4, -0.2) is 66.3 Å². The minimum Gasteiger partial charge on any atom is -0.385 e. The summed E-state index contributed by atoms with van der Waals surface area (Å²) in [4.78, 5) is 31.3. The number of likely N-dealkylation sites (N-methyl/N-ethyl adjacent to an activating group) is 1. The highest BCUT2D eigenvalue weighted by Crippen LogP contribution is 2.43. The topological polar surface area (TPSA) is 82.5 Å². The zero-order valence-electron chi connectivity index (χ0n) is 26.0. The number of carbonyl (C=O) groups is 2. The monoisotopic (exact) mass is 636 g/mol. The van der Waals surface area contributed by atoms with E-state index in [4.69, 9.17) is 5.10 Å². The molecule has 2 atom stereocenters. The maximum Gasteiger partial charge on any atom is 0.416 e. The van der Waals surface area contributed by atoms with E-state index >= 15 is 0 Å². The Morgan fingerprint density at radius 1 is 1.02 bits per heavy atom. The van der Waals surface area contributed by atoms with Crippen LogP contribution in [0.5, 0.6) is 0 Å². The summed E-state index contributed by atoms with van der Waals surface area (Å²) in [5.41, 5.74) is 2.14. The van der Waals surface area contributed by atoms with E-state index in [1.807, 2.05) is 38.4 Å². The molecule has 1 aromatic heterocycles. The molecule has 12 heteroatoms. The van der Waals surface area contributed by atoms with E-state index in [2.05, 4.69) is 15.5 Å². The van der Waals surface area contributed by atoms with Gasteiger partial charge in [0.2, 0.25) is 0 Å². The highest BCUT2D eigenvalue weighted by molar-refractivity contribution is 6.05. The second-order valence-electron chi connectivity index (χ2n) is 11.5. The Morgan fingerprint density at radius 2 is 1.74 bits per heavy atom. The van der Waals surface area contributed by atoms with Crippen molar-refractivity contribution in [3.05, 3.63) is 107 Å². The van der Waals surface area contributed by atoms with Crippen LogP contribution in [0.25, 0.3) is 5.69 Å². The van der Waals surface area contributed by atoms with Crippen molar-refractivity contribution >= 4 is 23.3 Å². The van der Waals surface area contributed by atoms with Crippen molar-refractivity contribution in [2.45, 2.75) is 38.4 Å². The average molecular weight is 637 g/mol. The number of aryl methyl sites for hydroxylation is 1. The van der Waals surface area contributed by atoms with Crippen LogP contribution in [0.4, 0.5) is 29.1 Å². The van der Waals surface area contributed by atoms with Crippen molar-refractivity contribution in [1.82, 2.24) is 20.0 Å². The van der Waals surface area contributed by atoms with Gasteiger partial charge < -0.3 is 15.5 Å². The second-order valence-corrected chi connectivity index (χ2v) is 11.5. The van der Waals surface area contributed by atoms with Crippen molar-refractivity contribution < 1.29 is 27.2 Å². The summed E-state index contributed by atoms with van der Waals surface area (Å²) in [6.07, 6.45) is -3.70. The average Bonchev–Trinajstić information content (AvgIpc) is 3.36. The van der Waals surface area contributed by atoms with Crippen LogP contribution >= 0.6 is 0 Å². The summed E-state index contributed by atoms with van der Waals surface area (Å²) in [6.45, 7) is 5.51. The van der Waals surface area contributed by atoms with Gasteiger partial charge in [-0.05, 0) is 95.0 Å². The lowest BCUT2D eigenvalue weighted by atomic mass is 9.81. The van der Waals surface area contributed by atoms with Gasteiger partial charge in [0.15, 0.2) is 0 Å². The maximum absolute atomic E-state index is 14.3. The standard InChI is InChI=1S/C34H36F4N6O2/c1-5-43-32-28(21(2)41-44(32)27-12-7-11-26(20-27)39-17-8-18-42(3)4)29(22-13-15-25(35)16-14-22)30(33(43)46)40-31(45)23-9-6-10-24(19-23)34(36,37)38/h6-7,9-16,19-20,29-30,39H,5,8,17-18H2,1-4H3,(H,40,45)/t29-,30-/m0/s1. The lowest BCUT2D eigenvalue weighted by Gasteiger charge is -2.38. The van der Waals surface area contributed by atoms with E-state index in [1.165, 1.54) is 35.2 Å². The fourth-order valence-corrected chi connectivity index (χ4v) is 5.83. The number of fused-ring (bicyclic) bond motifs is 1. The van der Waals surface area contributed by atoms with E-state index in [0.717, 1.165) is 43.4 Å². The Morgan fingerprint density at radius 3 is 2.41 bits per heavy atom.